The average Bonchev–Trinajstić information content (AvgIpc) is 2.25. The lowest BCUT2D eigenvalue weighted by Crippen LogP contribution is -2.50. The molecular weight excluding hydrogens is 244 g/mol. The van der Waals surface area contributed by atoms with Gasteiger partial charge in [0.05, 0.1) is 12.0 Å². The summed E-state index contributed by atoms with van der Waals surface area (Å²) in [6, 6.07) is -2.22. The Morgan fingerprint density at radius 2 is 1.83 bits per heavy atom. The first-order valence-electron chi connectivity index (χ1n) is 5.22. The SMILES string of the molecule is COC(C)(C)CNC(=O)NC(CC(=O)O)C(=O)O. The van der Waals surface area contributed by atoms with Crippen molar-refractivity contribution in [2.45, 2.75) is 31.9 Å². The fraction of sp³-hybridized carbons (Fsp3) is 0.700. The Morgan fingerprint density at radius 3 is 2.22 bits per heavy atom. The molecule has 0 saturated carbocycles. The number of hydrogen-bond acceptors (Lipinski definition) is 4. The van der Waals surface area contributed by atoms with Gasteiger partial charge in [0.25, 0.3) is 0 Å². The molecule has 0 aromatic heterocycles. The second-order valence-electron chi connectivity index (χ2n) is 4.28. The van der Waals surface area contributed by atoms with Gasteiger partial charge in [-0.05, 0) is 13.8 Å². The van der Waals surface area contributed by atoms with Crippen molar-refractivity contribution >= 4 is 18.0 Å². The number of hydrogen-bond donors (Lipinski definition) is 4. The third kappa shape index (κ3) is 6.69. The number of aliphatic carboxylic acids is 2. The van der Waals surface area contributed by atoms with Crippen LogP contribution in [0.4, 0.5) is 4.79 Å². The average molecular weight is 262 g/mol. The third-order valence-electron chi connectivity index (χ3n) is 2.21. The number of methoxy groups -OCH3 is 1. The first-order chi connectivity index (χ1) is 8.18. The largest absolute Gasteiger partial charge is 0.481 e. The van der Waals surface area contributed by atoms with Gasteiger partial charge >= 0.3 is 18.0 Å². The molecule has 8 nitrogen and oxygen atoms in total. The lowest BCUT2D eigenvalue weighted by Gasteiger charge is -2.23. The monoisotopic (exact) mass is 262 g/mol. The molecule has 8 heteroatoms. The minimum atomic E-state index is -1.46. The van der Waals surface area contributed by atoms with Crippen LogP contribution in [0.1, 0.15) is 20.3 Å². The summed E-state index contributed by atoms with van der Waals surface area (Å²) >= 11 is 0. The molecular formula is C10H18N2O6. The highest BCUT2D eigenvalue weighted by Gasteiger charge is 2.24. The van der Waals surface area contributed by atoms with Crippen LogP contribution in [0.25, 0.3) is 0 Å². The molecule has 104 valence electrons. The van der Waals surface area contributed by atoms with Gasteiger partial charge in [0.15, 0.2) is 0 Å². The molecule has 0 heterocycles. The Bertz CT molecular complexity index is 328. The molecule has 0 aromatic carbocycles. The van der Waals surface area contributed by atoms with Crippen molar-refractivity contribution < 1.29 is 29.3 Å². The molecule has 4 N–H and O–H groups in total. The maximum Gasteiger partial charge on any atom is 0.326 e. The van der Waals surface area contributed by atoms with Crippen molar-refractivity contribution in [1.82, 2.24) is 10.6 Å². The predicted molar refractivity (Wildman–Crippen MR) is 61.3 cm³/mol. The van der Waals surface area contributed by atoms with E-state index >= 15 is 0 Å². The van der Waals surface area contributed by atoms with Gasteiger partial charge in [-0.25, -0.2) is 9.59 Å². The standard InChI is InChI=1S/C10H18N2O6/c1-10(2,18-3)5-11-9(17)12-6(8(15)16)4-7(13)14/h6H,4-5H2,1-3H3,(H,13,14)(H,15,16)(H2,11,12,17). The minimum absolute atomic E-state index is 0.161. The Kier molecular flexibility index (Phi) is 6.11. The lowest BCUT2D eigenvalue weighted by molar-refractivity contribution is -0.145. The molecule has 0 aliphatic carbocycles. The smallest absolute Gasteiger partial charge is 0.326 e. The Balaban J connectivity index is 4.27. The molecule has 1 atom stereocenters. The van der Waals surface area contributed by atoms with Crippen molar-refractivity contribution in [3.63, 3.8) is 0 Å². The summed E-state index contributed by atoms with van der Waals surface area (Å²) < 4.78 is 5.05. The van der Waals surface area contributed by atoms with E-state index in [-0.39, 0.29) is 6.54 Å². The summed E-state index contributed by atoms with van der Waals surface area (Å²) in [6.07, 6.45) is -0.684. The van der Waals surface area contributed by atoms with E-state index in [1.807, 2.05) is 0 Å². The Hall–Kier alpha value is -1.83. The van der Waals surface area contributed by atoms with Gasteiger partial charge in [-0.2, -0.15) is 0 Å². The van der Waals surface area contributed by atoms with E-state index in [9.17, 15) is 14.4 Å². The van der Waals surface area contributed by atoms with Crippen molar-refractivity contribution in [2.24, 2.45) is 0 Å². The van der Waals surface area contributed by atoms with Crippen LogP contribution in [0.3, 0.4) is 0 Å². The van der Waals surface area contributed by atoms with Gasteiger partial charge in [0.2, 0.25) is 0 Å². The number of rotatable bonds is 7. The van der Waals surface area contributed by atoms with E-state index < -0.39 is 36.0 Å². The Morgan fingerprint density at radius 1 is 1.28 bits per heavy atom. The maximum absolute atomic E-state index is 11.4. The molecule has 1 unspecified atom stereocenters. The van der Waals surface area contributed by atoms with Gasteiger partial charge in [-0.1, -0.05) is 0 Å². The van der Waals surface area contributed by atoms with Crippen LogP contribution < -0.4 is 10.6 Å². The molecule has 0 aliphatic rings. The van der Waals surface area contributed by atoms with Crippen LogP contribution in [-0.4, -0.2) is 53.5 Å². The highest BCUT2D eigenvalue weighted by atomic mass is 16.5. The molecule has 0 fully saturated rings. The number of ether oxygens (including phenoxy) is 1. The zero-order valence-electron chi connectivity index (χ0n) is 10.5. The zero-order chi connectivity index (χ0) is 14.3. The molecule has 0 aromatic rings. The van der Waals surface area contributed by atoms with Gasteiger partial charge in [-0.15, -0.1) is 0 Å². The van der Waals surface area contributed by atoms with Crippen LogP contribution in [0.15, 0.2) is 0 Å². The molecule has 0 radical (unpaired) electrons. The third-order valence-corrected chi connectivity index (χ3v) is 2.21. The van der Waals surface area contributed by atoms with Crippen molar-refractivity contribution in [3.05, 3.63) is 0 Å². The van der Waals surface area contributed by atoms with E-state index in [1.54, 1.807) is 13.8 Å². The Labute approximate surface area is 104 Å². The number of urea groups is 1. The number of carboxylic acids is 2. The molecule has 0 bridgehead atoms. The van der Waals surface area contributed by atoms with Gasteiger partial charge < -0.3 is 25.6 Å². The van der Waals surface area contributed by atoms with Gasteiger partial charge in [0.1, 0.15) is 6.04 Å². The van der Waals surface area contributed by atoms with E-state index in [0.29, 0.717) is 0 Å². The van der Waals surface area contributed by atoms with Gasteiger partial charge in [0, 0.05) is 13.7 Å². The molecule has 0 spiro atoms. The normalized spacial score (nSPS) is 12.6. The quantitative estimate of drug-likeness (QED) is 0.496. The molecule has 0 aliphatic heterocycles. The van der Waals surface area contributed by atoms with E-state index in [2.05, 4.69) is 10.6 Å². The summed E-state index contributed by atoms with van der Waals surface area (Å²) in [5, 5.41) is 21.7. The summed E-state index contributed by atoms with van der Waals surface area (Å²) in [6.45, 7) is 3.63. The van der Waals surface area contributed by atoms with Crippen LogP contribution in [0, 0.1) is 0 Å². The second kappa shape index (κ2) is 6.80. The summed E-state index contributed by atoms with van der Waals surface area (Å²) in [4.78, 5) is 32.5. The van der Waals surface area contributed by atoms with Crippen LogP contribution >= 0.6 is 0 Å². The first kappa shape index (κ1) is 16.2. The second-order valence-corrected chi connectivity index (χ2v) is 4.28. The van der Waals surface area contributed by atoms with E-state index in [0.717, 1.165) is 0 Å². The number of amides is 2. The van der Waals surface area contributed by atoms with Crippen LogP contribution in [-0.2, 0) is 14.3 Å². The fourth-order valence-electron chi connectivity index (χ4n) is 0.949. The van der Waals surface area contributed by atoms with E-state index in [4.69, 9.17) is 14.9 Å². The molecule has 2 amide bonds. The predicted octanol–water partition coefficient (Wildman–Crippen LogP) is -0.361. The zero-order valence-corrected chi connectivity index (χ0v) is 10.5. The minimum Gasteiger partial charge on any atom is -0.481 e. The van der Waals surface area contributed by atoms with Crippen molar-refractivity contribution in [1.29, 1.82) is 0 Å². The topological polar surface area (TPSA) is 125 Å². The lowest BCUT2D eigenvalue weighted by atomic mass is 10.1. The fourth-order valence-corrected chi connectivity index (χ4v) is 0.949. The summed E-state index contributed by atoms with van der Waals surface area (Å²) in [7, 11) is 1.48. The number of nitrogens with one attached hydrogen (secondary N) is 2. The van der Waals surface area contributed by atoms with Gasteiger partial charge in [-0.3, -0.25) is 4.79 Å². The van der Waals surface area contributed by atoms with Crippen molar-refractivity contribution in [3.8, 4) is 0 Å². The highest BCUT2D eigenvalue weighted by molar-refractivity contribution is 5.86. The van der Waals surface area contributed by atoms with Crippen LogP contribution in [0.2, 0.25) is 0 Å². The summed E-state index contributed by atoms with van der Waals surface area (Å²) in [5.74, 6) is -2.71. The van der Waals surface area contributed by atoms with Crippen LogP contribution in [0.5, 0.6) is 0 Å². The number of carbonyl (C=O) groups is 3. The maximum atomic E-state index is 11.4. The number of carboxylic acid groups (broad SMARTS) is 2. The molecule has 18 heavy (non-hydrogen) atoms. The summed E-state index contributed by atoms with van der Waals surface area (Å²) in [5.41, 5.74) is -0.594. The molecule has 0 rings (SSSR count). The van der Waals surface area contributed by atoms with Crippen molar-refractivity contribution in [2.75, 3.05) is 13.7 Å². The first-order valence-corrected chi connectivity index (χ1v) is 5.22. The molecule has 0 saturated heterocycles. The van der Waals surface area contributed by atoms with E-state index in [1.165, 1.54) is 7.11 Å². The highest BCUT2D eigenvalue weighted by Crippen LogP contribution is 2.04. The number of carbonyl (C=O) groups excluding carboxylic acids is 1.